The Kier molecular flexibility index (Phi) is 12.6. The number of carboxylic acid groups (broad SMARTS) is 1. The van der Waals surface area contributed by atoms with Gasteiger partial charge in [0.15, 0.2) is 0 Å². The maximum Gasteiger partial charge on any atom is 0.460 e. The molecule has 1 atom stereocenters. The number of carbonyl (C=O) groups is 1. The van der Waals surface area contributed by atoms with Crippen molar-refractivity contribution in [2.24, 2.45) is 0 Å². The Morgan fingerprint density at radius 2 is 0.648 bits per heavy atom. The van der Waals surface area contributed by atoms with Gasteiger partial charge in [-0.3, -0.25) is 0 Å². The number of likely N-dealkylation sites (N-methyl/N-ethyl adjacent to an activating group) is 1. The van der Waals surface area contributed by atoms with Crippen LogP contribution in [0, 0.1) is 0 Å². The molecule has 0 rings (SSSR count). The summed E-state index contributed by atoms with van der Waals surface area (Å²) in [6.45, 7) is -3.05. The summed E-state index contributed by atoms with van der Waals surface area (Å²) in [6, 6.07) is 0. The van der Waals surface area contributed by atoms with Crippen molar-refractivity contribution in [1.29, 1.82) is 0 Å². The molecule has 0 aromatic heterocycles. The molecule has 0 aliphatic heterocycles. The average Bonchev–Trinajstić information content (AvgIpc) is 2.89. The Bertz CT molecular complexity index is 1360. The summed E-state index contributed by atoms with van der Waals surface area (Å²) in [5, 5.41) is 20.0. The van der Waals surface area contributed by atoms with E-state index in [2.05, 4.69) is 0 Å². The number of hydrogen-bond donors (Lipinski definition) is 1. The van der Waals surface area contributed by atoms with Crippen molar-refractivity contribution in [3.05, 3.63) is 0 Å². The van der Waals surface area contributed by atoms with E-state index in [0.29, 0.717) is 14.1 Å². The molecule has 0 spiro atoms. The van der Waals surface area contributed by atoms with Gasteiger partial charge >= 0.3 is 83.2 Å². The van der Waals surface area contributed by atoms with E-state index in [-0.39, 0.29) is 0 Å². The lowest BCUT2D eigenvalue weighted by Gasteiger charge is -2.46. The molecular formula is C21H14F29NO3. The molecule has 4 nitrogen and oxygen atoms in total. The number of carbonyl (C=O) groups excluding carboxylic acids is 1. The van der Waals surface area contributed by atoms with Gasteiger partial charge in [-0.05, 0) is 0 Å². The quantitative estimate of drug-likeness (QED) is 0.116. The highest BCUT2D eigenvalue weighted by Crippen LogP contribution is 2.69. The first-order valence-electron chi connectivity index (χ1n) is 12.4. The SMILES string of the molecule is C[N+](C)(CC(=O)[O-])CC(O)CC(F)(F)C(F)(F)C(F)(F)C(F)(F)C(F)(F)C(F)(F)C(F)(F)C(F)(F)C(F)(F)C(F)(F)C(F)(F)C(F)(F)C(F)(F)C(F)(F)F. The van der Waals surface area contributed by atoms with E-state index in [1.807, 2.05) is 0 Å². The number of carboxylic acids is 1. The molecule has 0 radical (unpaired) electrons. The number of hydrogen-bond acceptors (Lipinski definition) is 3. The van der Waals surface area contributed by atoms with Gasteiger partial charge in [0.2, 0.25) is 0 Å². The maximum absolute atomic E-state index is 14.1. The third-order valence-corrected chi connectivity index (χ3v) is 6.91. The summed E-state index contributed by atoms with van der Waals surface area (Å²) in [5.41, 5.74) is 0. The van der Waals surface area contributed by atoms with E-state index in [9.17, 15) is 142 Å². The standard InChI is InChI=1S/C21H14F29NO3/c1-51(2,5-7(53)54)4-6(52)3-8(22,23)9(24,25)10(26,27)11(28,29)12(30,31)13(32,33)14(34,35)15(36,37)16(38,39)17(40,41)18(42,43)19(44,45)20(46,47)21(48,49)50/h6,52H,3-5H2,1-2H3. The van der Waals surface area contributed by atoms with Crippen LogP contribution in [0.2, 0.25) is 0 Å². The predicted molar refractivity (Wildman–Crippen MR) is 108 cm³/mol. The lowest BCUT2D eigenvalue weighted by Crippen LogP contribution is -2.79. The van der Waals surface area contributed by atoms with Crippen molar-refractivity contribution in [3.8, 4) is 0 Å². The second kappa shape index (κ2) is 13.2. The van der Waals surface area contributed by atoms with Crippen molar-refractivity contribution in [2.45, 2.75) is 95.7 Å². The lowest BCUT2D eigenvalue weighted by molar-refractivity contribution is -0.888. The van der Waals surface area contributed by atoms with Crippen LogP contribution in [0.15, 0.2) is 0 Å². The third kappa shape index (κ3) is 6.90. The van der Waals surface area contributed by atoms with Gasteiger partial charge in [-0.1, -0.05) is 0 Å². The number of alkyl halides is 29. The number of aliphatic hydroxyl groups is 1. The third-order valence-electron chi connectivity index (χ3n) is 6.91. The van der Waals surface area contributed by atoms with E-state index < -0.39 is 119 Å². The molecule has 1 unspecified atom stereocenters. The molecule has 33 heteroatoms. The van der Waals surface area contributed by atoms with Crippen LogP contribution in [0.4, 0.5) is 127 Å². The van der Waals surface area contributed by atoms with E-state index in [4.69, 9.17) is 0 Å². The molecule has 324 valence electrons. The van der Waals surface area contributed by atoms with Crippen molar-refractivity contribution < 1.29 is 147 Å². The van der Waals surface area contributed by atoms with Crippen LogP contribution in [-0.2, 0) is 4.79 Å². The van der Waals surface area contributed by atoms with Crippen molar-refractivity contribution in [2.75, 3.05) is 27.2 Å². The van der Waals surface area contributed by atoms with Crippen LogP contribution < -0.4 is 5.11 Å². The summed E-state index contributed by atoms with van der Waals surface area (Å²) < 4.78 is 393. The zero-order valence-corrected chi connectivity index (χ0v) is 24.9. The predicted octanol–water partition coefficient (Wildman–Crippen LogP) is 7.38. The van der Waals surface area contributed by atoms with Crippen LogP contribution in [0.1, 0.15) is 6.42 Å². The number of aliphatic carboxylic acids is 1. The zero-order chi connectivity index (χ0) is 44.8. The molecule has 0 fully saturated rings. The molecule has 1 N–H and O–H groups in total. The first-order chi connectivity index (χ1) is 22.8. The Balaban J connectivity index is 7.38. The van der Waals surface area contributed by atoms with Crippen LogP contribution in [-0.4, -0.2) is 132 Å². The van der Waals surface area contributed by atoms with Gasteiger partial charge in [0, 0.05) is 6.42 Å². The minimum Gasteiger partial charge on any atom is -0.544 e. The molecule has 0 aromatic carbocycles. The van der Waals surface area contributed by atoms with Gasteiger partial charge in [-0.2, -0.15) is 127 Å². The second-order valence-electron chi connectivity index (χ2n) is 11.6. The zero-order valence-electron chi connectivity index (χ0n) is 24.9. The van der Waals surface area contributed by atoms with Gasteiger partial charge in [0.1, 0.15) is 19.2 Å². The molecule has 0 amide bonds. The monoisotopic (exact) mass is 879 g/mol. The first-order valence-corrected chi connectivity index (χ1v) is 12.4. The molecule has 0 heterocycles. The smallest absolute Gasteiger partial charge is 0.460 e. The highest BCUT2D eigenvalue weighted by atomic mass is 19.4. The molecule has 54 heavy (non-hydrogen) atoms. The minimum absolute atomic E-state index is 0.584. The molecule has 0 bridgehead atoms. The average molecular weight is 879 g/mol. The van der Waals surface area contributed by atoms with E-state index in [1.54, 1.807) is 0 Å². The molecule has 0 aromatic rings. The summed E-state index contributed by atoms with van der Waals surface area (Å²) in [7, 11) is 1.17. The van der Waals surface area contributed by atoms with Gasteiger partial charge in [-0.25, -0.2) is 0 Å². The Hall–Kier alpha value is -2.64. The Morgan fingerprint density at radius 1 is 0.444 bits per heavy atom. The van der Waals surface area contributed by atoms with Crippen LogP contribution in [0.5, 0.6) is 0 Å². The molecular weight excluding hydrogens is 865 g/mol. The second-order valence-corrected chi connectivity index (χ2v) is 11.6. The fourth-order valence-corrected chi connectivity index (χ4v) is 3.85. The van der Waals surface area contributed by atoms with Gasteiger partial charge in [0.05, 0.1) is 20.1 Å². The number of quaternary nitrogens is 1. The molecule has 0 aliphatic rings. The molecule has 0 saturated carbocycles. The molecule has 0 saturated heterocycles. The largest absolute Gasteiger partial charge is 0.544 e. The van der Waals surface area contributed by atoms with E-state index >= 15 is 0 Å². The van der Waals surface area contributed by atoms with Crippen molar-refractivity contribution in [3.63, 3.8) is 0 Å². The van der Waals surface area contributed by atoms with Crippen molar-refractivity contribution in [1.82, 2.24) is 0 Å². The fourth-order valence-electron chi connectivity index (χ4n) is 3.85. The Morgan fingerprint density at radius 3 is 0.852 bits per heavy atom. The summed E-state index contributed by atoms with van der Waals surface area (Å²) in [5.74, 6) is -124. The van der Waals surface area contributed by atoms with Gasteiger partial charge in [0.25, 0.3) is 0 Å². The van der Waals surface area contributed by atoms with Gasteiger partial charge in [-0.15, -0.1) is 0 Å². The van der Waals surface area contributed by atoms with Crippen molar-refractivity contribution >= 4 is 5.97 Å². The summed E-state index contributed by atoms with van der Waals surface area (Å²) in [6.07, 6.45) is -15.2. The van der Waals surface area contributed by atoms with Crippen LogP contribution in [0.3, 0.4) is 0 Å². The van der Waals surface area contributed by atoms with E-state index in [0.717, 1.165) is 0 Å². The maximum atomic E-state index is 14.1. The van der Waals surface area contributed by atoms with Gasteiger partial charge < -0.3 is 19.5 Å². The highest BCUT2D eigenvalue weighted by molar-refractivity contribution is 5.65. The van der Waals surface area contributed by atoms with Crippen LogP contribution >= 0.6 is 0 Å². The highest BCUT2D eigenvalue weighted by Gasteiger charge is 3.00. The Labute approximate surface area is 277 Å². The summed E-state index contributed by atoms with van der Waals surface area (Å²) >= 11 is 0. The molecule has 0 aliphatic carbocycles. The van der Waals surface area contributed by atoms with Crippen LogP contribution in [0.25, 0.3) is 0 Å². The lowest BCUT2D eigenvalue weighted by atomic mass is 9.83. The minimum atomic E-state index is -10.00. The fraction of sp³-hybridized carbons (Fsp3) is 0.952. The normalized spacial score (nSPS) is 17.2. The van der Waals surface area contributed by atoms with E-state index in [1.165, 1.54) is 0 Å². The number of rotatable bonds is 18. The number of halogens is 29. The summed E-state index contributed by atoms with van der Waals surface area (Å²) in [4.78, 5) is 10.5. The number of aliphatic hydroxyl groups excluding tert-OH is 1. The first kappa shape index (κ1) is 51.4. The number of nitrogens with zero attached hydrogens (tertiary/aromatic N) is 1. The topological polar surface area (TPSA) is 60.4 Å².